The van der Waals surface area contributed by atoms with E-state index in [0.717, 1.165) is 5.52 Å². The van der Waals surface area contributed by atoms with Gasteiger partial charge in [0.05, 0.1) is 11.1 Å². The van der Waals surface area contributed by atoms with Crippen LogP contribution in [0, 0.1) is 0 Å². The number of rotatable bonds is 1. The van der Waals surface area contributed by atoms with Crippen LogP contribution in [0.4, 0.5) is 0 Å². The van der Waals surface area contributed by atoms with Crippen molar-refractivity contribution in [2.75, 3.05) is 0 Å². The summed E-state index contributed by atoms with van der Waals surface area (Å²) in [5, 5.41) is 3.01. The lowest BCUT2D eigenvalue weighted by Gasteiger charge is -1.92. The van der Waals surface area contributed by atoms with Crippen molar-refractivity contribution in [1.82, 2.24) is 9.97 Å². The monoisotopic (exact) mass is 265 g/mol. The minimum Gasteiger partial charge on any atom is -0.359 e. The van der Waals surface area contributed by atoms with Gasteiger partial charge in [0.25, 0.3) is 5.91 Å². The summed E-state index contributed by atoms with van der Waals surface area (Å²) in [5.41, 5.74) is 9.63. The quantitative estimate of drug-likeness (QED) is 0.371. The van der Waals surface area contributed by atoms with Gasteiger partial charge in [-0.1, -0.05) is 0 Å². The van der Waals surface area contributed by atoms with Crippen molar-refractivity contribution < 1.29 is 4.79 Å². The summed E-state index contributed by atoms with van der Waals surface area (Å²) in [6.45, 7) is 0. The molecule has 0 unspecified atom stereocenters. The molecule has 74 valence electrons. The number of pyridine rings is 1. The highest BCUT2D eigenvalue weighted by Crippen LogP contribution is 2.19. The highest BCUT2D eigenvalue weighted by Gasteiger charge is 2.11. The molecule has 0 aromatic carbocycles. The normalized spacial score (nSPS) is 9.93. The molecule has 0 saturated carbocycles. The number of nitrogens with one attached hydrogen (secondary N) is 1. The summed E-state index contributed by atoms with van der Waals surface area (Å²) >= 11 is 3.20. The molecule has 1 N–H and O–H groups in total. The molecule has 0 radical (unpaired) electrons. The number of amides is 1. The van der Waals surface area contributed by atoms with Gasteiger partial charge in [-0.15, -0.1) is 0 Å². The zero-order chi connectivity index (χ0) is 10.8. The number of azide groups is 1. The number of hydrogen-bond acceptors (Lipinski definition) is 2. The smallest absolute Gasteiger partial charge is 0.252 e. The van der Waals surface area contributed by atoms with Crippen molar-refractivity contribution in [3.63, 3.8) is 0 Å². The van der Waals surface area contributed by atoms with E-state index in [4.69, 9.17) is 5.53 Å². The maximum atomic E-state index is 11.3. The lowest BCUT2D eigenvalue weighted by atomic mass is 10.2. The third kappa shape index (κ3) is 1.70. The molecule has 0 aliphatic rings. The highest BCUT2D eigenvalue weighted by molar-refractivity contribution is 9.10. The van der Waals surface area contributed by atoms with Crippen molar-refractivity contribution in [1.29, 1.82) is 0 Å². The minimum atomic E-state index is -0.644. The molecule has 0 saturated heterocycles. The van der Waals surface area contributed by atoms with Gasteiger partial charge in [-0.25, -0.2) is 4.98 Å². The predicted molar refractivity (Wildman–Crippen MR) is 57.3 cm³/mol. The minimum absolute atomic E-state index is 0.268. The molecule has 0 aliphatic heterocycles. The molecule has 2 rings (SSSR count). The molecule has 2 aromatic rings. The Balaban J connectivity index is 2.66. The molecule has 0 spiro atoms. The van der Waals surface area contributed by atoms with Crippen molar-refractivity contribution in [2.24, 2.45) is 5.11 Å². The van der Waals surface area contributed by atoms with Gasteiger partial charge >= 0.3 is 0 Å². The summed E-state index contributed by atoms with van der Waals surface area (Å²) in [5.74, 6) is -0.644. The lowest BCUT2D eigenvalue weighted by Crippen LogP contribution is -1.92. The van der Waals surface area contributed by atoms with Gasteiger partial charge in [-0.2, -0.15) is 0 Å². The van der Waals surface area contributed by atoms with E-state index < -0.39 is 5.91 Å². The zero-order valence-corrected chi connectivity index (χ0v) is 8.89. The number of aromatic nitrogens is 2. The Morgan fingerprint density at radius 1 is 1.60 bits per heavy atom. The Hall–Kier alpha value is -1.85. The number of halogens is 1. The molecule has 2 aromatic heterocycles. The fraction of sp³-hybridized carbons (Fsp3) is 0. The number of H-pyrrole nitrogens is 1. The molecule has 0 bridgehead atoms. The van der Waals surface area contributed by atoms with Crippen LogP contribution in [0.1, 0.15) is 10.4 Å². The number of nitrogens with zero attached hydrogens (tertiary/aromatic N) is 4. The van der Waals surface area contributed by atoms with E-state index in [1.807, 2.05) is 0 Å². The van der Waals surface area contributed by atoms with Crippen molar-refractivity contribution in [3.8, 4) is 0 Å². The Kier molecular flexibility index (Phi) is 2.40. The first-order valence-corrected chi connectivity index (χ1v) is 4.74. The topological polar surface area (TPSA) is 94.5 Å². The molecule has 15 heavy (non-hydrogen) atoms. The zero-order valence-electron chi connectivity index (χ0n) is 7.31. The Morgan fingerprint density at radius 2 is 2.40 bits per heavy atom. The second-order valence-electron chi connectivity index (χ2n) is 2.73. The Bertz CT molecular complexity index is 584. The molecule has 1 amide bonds. The van der Waals surface area contributed by atoms with Gasteiger partial charge in [0, 0.05) is 11.1 Å². The average Bonchev–Trinajstić information content (AvgIpc) is 2.60. The largest absolute Gasteiger partial charge is 0.359 e. The molecule has 6 nitrogen and oxygen atoms in total. The summed E-state index contributed by atoms with van der Waals surface area (Å²) in [6.07, 6.45) is 1.47. The standard InChI is InChI=1S/C8H4BrN5O/c9-6-2-1-5-7(12-6)4(3-11-5)8(15)13-14-10/h1-3,11H. The van der Waals surface area contributed by atoms with Gasteiger partial charge in [0.15, 0.2) is 0 Å². The van der Waals surface area contributed by atoms with Crippen molar-refractivity contribution in [3.05, 3.63) is 38.9 Å². The van der Waals surface area contributed by atoms with E-state index >= 15 is 0 Å². The number of hydrogen-bond donors (Lipinski definition) is 1. The first-order valence-electron chi connectivity index (χ1n) is 3.95. The van der Waals surface area contributed by atoms with Crippen molar-refractivity contribution >= 4 is 32.9 Å². The number of fused-ring (bicyclic) bond motifs is 1. The van der Waals surface area contributed by atoms with Crippen LogP contribution in [-0.2, 0) is 0 Å². The third-order valence-corrected chi connectivity index (χ3v) is 2.30. The Morgan fingerprint density at radius 3 is 3.13 bits per heavy atom. The molecule has 2 heterocycles. The third-order valence-electron chi connectivity index (χ3n) is 1.85. The Labute approximate surface area is 92.1 Å². The maximum absolute atomic E-state index is 11.3. The maximum Gasteiger partial charge on any atom is 0.252 e. The van der Waals surface area contributed by atoms with Gasteiger partial charge in [-0.05, 0) is 38.7 Å². The summed E-state index contributed by atoms with van der Waals surface area (Å²) < 4.78 is 0.615. The summed E-state index contributed by atoms with van der Waals surface area (Å²) in [4.78, 5) is 20.8. The van der Waals surface area contributed by atoms with Gasteiger partial charge in [0.2, 0.25) is 0 Å². The SMILES string of the molecule is [N-]=[N+]=NC(=O)c1c[nH]c2ccc(Br)nc12. The van der Waals surface area contributed by atoms with E-state index in [-0.39, 0.29) is 5.56 Å². The lowest BCUT2D eigenvalue weighted by molar-refractivity contribution is 0.100. The second kappa shape index (κ2) is 3.72. The first kappa shape index (κ1) is 9.70. The summed E-state index contributed by atoms with van der Waals surface area (Å²) in [6, 6.07) is 3.53. The molecule has 0 atom stereocenters. The number of carbonyl (C=O) groups excluding carboxylic acids is 1. The molecular formula is C8H4BrN5O. The van der Waals surface area contributed by atoms with Crippen LogP contribution in [-0.4, -0.2) is 15.9 Å². The second-order valence-corrected chi connectivity index (χ2v) is 3.54. The highest BCUT2D eigenvalue weighted by atomic mass is 79.9. The van der Waals surface area contributed by atoms with Crippen LogP contribution < -0.4 is 0 Å². The average molecular weight is 266 g/mol. The first-order chi connectivity index (χ1) is 7.22. The van der Waals surface area contributed by atoms with E-state index in [1.165, 1.54) is 6.20 Å². The molecular weight excluding hydrogens is 262 g/mol. The molecule has 0 aliphatic carbocycles. The van der Waals surface area contributed by atoms with E-state index in [0.29, 0.717) is 10.1 Å². The van der Waals surface area contributed by atoms with Gasteiger partial charge in [-0.3, -0.25) is 4.79 Å². The fourth-order valence-corrected chi connectivity index (χ4v) is 1.54. The van der Waals surface area contributed by atoms with Crippen LogP contribution in [0.5, 0.6) is 0 Å². The fourth-order valence-electron chi connectivity index (χ4n) is 1.23. The van der Waals surface area contributed by atoms with Crippen LogP contribution in [0.25, 0.3) is 21.5 Å². The number of aromatic amines is 1. The molecule has 0 fully saturated rings. The van der Waals surface area contributed by atoms with Crippen LogP contribution in [0.2, 0.25) is 0 Å². The van der Waals surface area contributed by atoms with Crippen LogP contribution in [0.15, 0.2) is 28.0 Å². The van der Waals surface area contributed by atoms with Crippen molar-refractivity contribution in [2.45, 2.75) is 0 Å². The molecule has 7 heteroatoms. The van der Waals surface area contributed by atoms with E-state index in [9.17, 15) is 4.79 Å². The van der Waals surface area contributed by atoms with Crippen LogP contribution >= 0.6 is 15.9 Å². The van der Waals surface area contributed by atoms with Gasteiger partial charge < -0.3 is 4.98 Å². The van der Waals surface area contributed by atoms with Gasteiger partial charge in [0.1, 0.15) is 10.1 Å². The van der Waals surface area contributed by atoms with E-state index in [1.54, 1.807) is 12.1 Å². The van der Waals surface area contributed by atoms with E-state index in [2.05, 4.69) is 35.9 Å². The predicted octanol–water partition coefficient (Wildman–Crippen LogP) is 2.78. The number of carbonyl (C=O) groups is 1. The van der Waals surface area contributed by atoms with Crippen LogP contribution in [0.3, 0.4) is 0 Å². The summed E-state index contributed by atoms with van der Waals surface area (Å²) in [7, 11) is 0.